The number of hydrogen-bond donors (Lipinski definition) is 2. The summed E-state index contributed by atoms with van der Waals surface area (Å²) < 4.78 is 5.46. The molecule has 2 N–H and O–H groups in total. The van der Waals surface area contributed by atoms with E-state index in [-0.39, 0.29) is 5.91 Å². The summed E-state index contributed by atoms with van der Waals surface area (Å²) in [5, 5.41) is 10.0. The topological polar surface area (TPSA) is 70.2 Å². The number of hydrogen-bond acceptors (Lipinski definition) is 4. The summed E-state index contributed by atoms with van der Waals surface area (Å²) in [4.78, 5) is 14.9. The molecule has 0 spiro atoms. The van der Waals surface area contributed by atoms with Crippen LogP contribution in [0.3, 0.4) is 0 Å². The molecule has 0 unspecified atom stereocenters. The Morgan fingerprint density at radius 2 is 1.83 bits per heavy atom. The third-order valence-corrected chi connectivity index (χ3v) is 5.14. The van der Waals surface area contributed by atoms with Gasteiger partial charge in [0.05, 0.1) is 12.3 Å². The number of aromatic amines is 1. The van der Waals surface area contributed by atoms with Gasteiger partial charge < -0.3 is 15.0 Å². The number of ether oxygens (including phenoxy) is 1. The number of carbonyl (C=O) groups is 1. The third kappa shape index (κ3) is 4.59. The van der Waals surface area contributed by atoms with Crippen LogP contribution in [0, 0.1) is 0 Å². The number of rotatable bonds is 7. The van der Waals surface area contributed by atoms with E-state index >= 15 is 0 Å². The molecule has 1 amide bonds. The number of aromatic nitrogens is 2. The zero-order chi connectivity index (χ0) is 20.1. The molecule has 4 rings (SSSR count). The fourth-order valence-electron chi connectivity index (χ4n) is 3.55. The first kappa shape index (κ1) is 19.1. The first-order chi connectivity index (χ1) is 14.2. The molecule has 150 valence electrons. The molecule has 3 aromatic rings. The lowest BCUT2D eigenvalue weighted by atomic mass is 10.1. The molecule has 29 heavy (non-hydrogen) atoms. The summed E-state index contributed by atoms with van der Waals surface area (Å²) in [6, 6.07) is 17.9. The normalized spacial score (nSPS) is 13.5. The van der Waals surface area contributed by atoms with Crippen LogP contribution < -0.4 is 15.0 Å². The van der Waals surface area contributed by atoms with Crippen molar-refractivity contribution < 1.29 is 9.53 Å². The summed E-state index contributed by atoms with van der Waals surface area (Å²) in [5.74, 6) is 0.652. The van der Waals surface area contributed by atoms with Gasteiger partial charge in [0.15, 0.2) is 0 Å². The maximum atomic E-state index is 12.5. The highest BCUT2D eigenvalue weighted by molar-refractivity contribution is 5.93. The van der Waals surface area contributed by atoms with Gasteiger partial charge in [0.2, 0.25) is 0 Å². The van der Waals surface area contributed by atoms with Crippen molar-refractivity contribution in [3.8, 4) is 17.0 Å². The summed E-state index contributed by atoms with van der Waals surface area (Å²) in [6.07, 6.45) is 2.53. The Labute approximate surface area is 170 Å². The molecular weight excluding hydrogens is 364 g/mol. The van der Waals surface area contributed by atoms with Crippen molar-refractivity contribution in [2.24, 2.45) is 0 Å². The minimum absolute atomic E-state index is 0.168. The fraction of sp³-hybridized carbons (Fsp3) is 0.304. The molecule has 0 atom stereocenters. The minimum atomic E-state index is -0.168. The molecule has 2 heterocycles. The standard InChI is InChI=1S/C23H26N4O2/c1-2-29-20-11-7-18(8-12-20)21-15-22(26-25-21)23(28)24-16-17-5-9-19(10-6-17)27-13-3-4-14-27/h5-12,15H,2-4,13-14,16H2,1H3,(H,24,28)(H,25,26). The van der Waals surface area contributed by atoms with Gasteiger partial charge in [-0.1, -0.05) is 12.1 Å². The molecule has 6 heteroatoms. The Kier molecular flexibility index (Phi) is 5.79. The number of nitrogens with one attached hydrogen (secondary N) is 2. The van der Waals surface area contributed by atoms with E-state index in [0.29, 0.717) is 18.8 Å². The Morgan fingerprint density at radius 1 is 1.10 bits per heavy atom. The largest absolute Gasteiger partial charge is 0.494 e. The van der Waals surface area contributed by atoms with Gasteiger partial charge in [0.25, 0.3) is 5.91 Å². The van der Waals surface area contributed by atoms with Crippen LogP contribution in [-0.4, -0.2) is 35.8 Å². The number of anilines is 1. The Balaban J connectivity index is 1.34. The summed E-state index contributed by atoms with van der Waals surface area (Å²) in [5.41, 5.74) is 4.44. The van der Waals surface area contributed by atoms with Crippen molar-refractivity contribution >= 4 is 11.6 Å². The molecule has 0 bridgehead atoms. The third-order valence-electron chi connectivity index (χ3n) is 5.14. The van der Waals surface area contributed by atoms with Crippen molar-refractivity contribution in [1.82, 2.24) is 15.5 Å². The van der Waals surface area contributed by atoms with Crippen molar-refractivity contribution in [3.63, 3.8) is 0 Å². The molecule has 0 saturated carbocycles. The molecule has 1 aromatic heterocycles. The first-order valence-electron chi connectivity index (χ1n) is 10.1. The van der Waals surface area contributed by atoms with E-state index in [2.05, 4.69) is 44.7 Å². The quantitative estimate of drug-likeness (QED) is 0.640. The SMILES string of the molecule is CCOc1ccc(-c2cc(C(=O)NCc3ccc(N4CCCC4)cc3)[nH]n2)cc1. The molecule has 0 radical (unpaired) electrons. The number of benzene rings is 2. The first-order valence-corrected chi connectivity index (χ1v) is 10.1. The lowest BCUT2D eigenvalue weighted by Gasteiger charge is -2.17. The van der Waals surface area contributed by atoms with E-state index < -0.39 is 0 Å². The van der Waals surface area contributed by atoms with E-state index in [1.807, 2.05) is 31.2 Å². The zero-order valence-electron chi connectivity index (χ0n) is 16.6. The highest BCUT2D eigenvalue weighted by Gasteiger charge is 2.13. The number of amides is 1. The average molecular weight is 390 g/mol. The van der Waals surface area contributed by atoms with E-state index in [1.165, 1.54) is 18.5 Å². The molecular formula is C23H26N4O2. The number of H-pyrrole nitrogens is 1. The van der Waals surface area contributed by atoms with Gasteiger partial charge in [-0.25, -0.2) is 0 Å². The lowest BCUT2D eigenvalue weighted by molar-refractivity contribution is 0.0946. The van der Waals surface area contributed by atoms with Crippen LogP contribution in [0.1, 0.15) is 35.8 Å². The van der Waals surface area contributed by atoms with E-state index in [4.69, 9.17) is 4.74 Å². The molecule has 1 fully saturated rings. The van der Waals surface area contributed by atoms with Gasteiger partial charge in [0, 0.05) is 30.9 Å². The second-order valence-electron chi connectivity index (χ2n) is 7.17. The highest BCUT2D eigenvalue weighted by atomic mass is 16.5. The zero-order valence-corrected chi connectivity index (χ0v) is 16.6. The van der Waals surface area contributed by atoms with Crippen molar-refractivity contribution in [2.75, 3.05) is 24.6 Å². The van der Waals surface area contributed by atoms with E-state index in [9.17, 15) is 4.79 Å². The molecule has 1 saturated heterocycles. The Bertz CT molecular complexity index is 942. The van der Waals surface area contributed by atoms with Gasteiger partial charge in [-0.3, -0.25) is 9.89 Å². The molecule has 6 nitrogen and oxygen atoms in total. The lowest BCUT2D eigenvalue weighted by Crippen LogP contribution is -2.23. The summed E-state index contributed by atoms with van der Waals surface area (Å²) >= 11 is 0. The monoisotopic (exact) mass is 390 g/mol. The van der Waals surface area contributed by atoms with Crippen LogP contribution in [0.2, 0.25) is 0 Å². The second kappa shape index (κ2) is 8.82. The van der Waals surface area contributed by atoms with Crippen molar-refractivity contribution in [3.05, 3.63) is 65.9 Å². The van der Waals surface area contributed by atoms with Crippen LogP contribution in [0.4, 0.5) is 5.69 Å². The van der Waals surface area contributed by atoms with Gasteiger partial charge in [-0.15, -0.1) is 0 Å². The second-order valence-corrected chi connectivity index (χ2v) is 7.17. The van der Waals surface area contributed by atoms with Gasteiger partial charge in [-0.05, 0) is 67.8 Å². The number of nitrogens with zero attached hydrogens (tertiary/aromatic N) is 2. The van der Waals surface area contributed by atoms with E-state index in [1.54, 1.807) is 6.07 Å². The minimum Gasteiger partial charge on any atom is -0.494 e. The maximum absolute atomic E-state index is 12.5. The summed E-state index contributed by atoms with van der Waals surface area (Å²) in [6.45, 7) is 5.33. The Morgan fingerprint density at radius 3 is 2.52 bits per heavy atom. The molecule has 2 aromatic carbocycles. The predicted molar refractivity (Wildman–Crippen MR) is 114 cm³/mol. The smallest absolute Gasteiger partial charge is 0.269 e. The summed E-state index contributed by atoms with van der Waals surface area (Å²) in [7, 11) is 0. The van der Waals surface area contributed by atoms with Gasteiger partial charge in [-0.2, -0.15) is 5.10 Å². The van der Waals surface area contributed by atoms with Crippen LogP contribution in [0.5, 0.6) is 5.75 Å². The molecule has 1 aliphatic heterocycles. The number of carbonyl (C=O) groups excluding carboxylic acids is 1. The highest BCUT2D eigenvalue weighted by Crippen LogP contribution is 2.22. The van der Waals surface area contributed by atoms with Crippen LogP contribution in [0.25, 0.3) is 11.3 Å². The molecule has 1 aliphatic rings. The maximum Gasteiger partial charge on any atom is 0.269 e. The van der Waals surface area contributed by atoms with Crippen molar-refractivity contribution in [2.45, 2.75) is 26.3 Å². The Hall–Kier alpha value is -3.28. The van der Waals surface area contributed by atoms with E-state index in [0.717, 1.165) is 35.7 Å². The predicted octanol–water partition coefficient (Wildman–Crippen LogP) is 4.01. The van der Waals surface area contributed by atoms with Crippen LogP contribution in [-0.2, 0) is 6.54 Å². The van der Waals surface area contributed by atoms with Crippen LogP contribution >= 0.6 is 0 Å². The van der Waals surface area contributed by atoms with Crippen LogP contribution in [0.15, 0.2) is 54.6 Å². The van der Waals surface area contributed by atoms with Crippen molar-refractivity contribution in [1.29, 1.82) is 0 Å². The fourth-order valence-corrected chi connectivity index (χ4v) is 3.55. The molecule has 0 aliphatic carbocycles. The van der Waals surface area contributed by atoms with Gasteiger partial charge >= 0.3 is 0 Å². The van der Waals surface area contributed by atoms with Gasteiger partial charge in [0.1, 0.15) is 11.4 Å². The average Bonchev–Trinajstić information content (AvgIpc) is 3.46.